The van der Waals surface area contributed by atoms with Crippen LogP contribution in [0.25, 0.3) is 0 Å². The zero-order valence-corrected chi connectivity index (χ0v) is 18.6. The average Bonchev–Trinajstić information content (AvgIpc) is 2.65. The molecule has 0 heterocycles. The Morgan fingerprint density at radius 3 is 2.24 bits per heavy atom. The molecule has 0 aliphatic heterocycles. The van der Waals surface area contributed by atoms with Crippen molar-refractivity contribution in [2.45, 2.75) is 45.8 Å². The van der Waals surface area contributed by atoms with Crippen LogP contribution in [0.5, 0.6) is 5.75 Å². The summed E-state index contributed by atoms with van der Waals surface area (Å²) < 4.78 is 19.7. The number of ether oxygens (including phenoxy) is 1. The summed E-state index contributed by atoms with van der Waals surface area (Å²) in [5, 5.41) is 2.89. The van der Waals surface area contributed by atoms with Crippen molar-refractivity contribution in [2.24, 2.45) is 0 Å². The second kappa shape index (κ2) is 9.87. The van der Waals surface area contributed by atoms with E-state index in [1.165, 1.54) is 17.0 Å². The number of carbonyl (C=O) groups is 2. The van der Waals surface area contributed by atoms with Crippen LogP contribution in [-0.2, 0) is 16.1 Å². The Morgan fingerprint density at radius 2 is 1.69 bits per heavy atom. The van der Waals surface area contributed by atoms with Crippen molar-refractivity contribution in [3.05, 3.63) is 64.4 Å². The first-order valence-electron chi connectivity index (χ1n) is 9.29. The maximum atomic E-state index is 13.2. The van der Waals surface area contributed by atoms with E-state index >= 15 is 0 Å². The predicted molar refractivity (Wildman–Crippen MR) is 114 cm³/mol. The van der Waals surface area contributed by atoms with Gasteiger partial charge in [-0.25, -0.2) is 4.39 Å². The van der Waals surface area contributed by atoms with Gasteiger partial charge in [0.05, 0.1) is 0 Å². The van der Waals surface area contributed by atoms with Crippen LogP contribution in [0.1, 0.15) is 33.3 Å². The molecule has 1 N–H and O–H groups in total. The van der Waals surface area contributed by atoms with Crippen LogP contribution >= 0.6 is 15.9 Å². The lowest BCUT2D eigenvalue weighted by molar-refractivity contribution is -0.142. The fourth-order valence-corrected chi connectivity index (χ4v) is 2.87. The molecule has 7 heteroatoms. The van der Waals surface area contributed by atoms with Crippen molar-refractivity contribution < 1.29 is 18.7 Å². The Hall–Kier alpha value is -2.41. The summed E-state index contributed by atoms with van der Waals surface area (Å²) >= 11 is 3.35. The zero-order valence-electron chi connectivity index (χ0n) is 17.0. The van der Waals surface area contributed by atoms with Crippen molar-refractivity contribution in [3.63, 3.8) is 0 Å². The number of amides is 2. The Labute approximate surface area is 179 Å². The molecule has 0 aliphatic rings. The Bertz CT molecular complexity index is 833. The SMILES string of the molecule is C[C@H](C(=O)NC(C)(C)C)N(Cc1ccc(F)cc1)C(=O)COc1ccc(Br)cc1. The van der Waals surface area contributed by atoms with Crippen molar-refractivity contribution in [1.29, 1.82) is 0 Å². The third-order valence-electron chi connectivity index (χ3n) is 4.11. The van der Waals surface area contributed by atoms with Gasteiger partial charge in [0.25, 0.3) is 5.91 Å². The molecule has 0 unspecified atom stereocenters. The van der Waals surface area contributed by atoms with E-state index in [4.69, 9.17) is 4.74 Å². The van der Waals surface area contributed by atoms with Gasteiger partial charge in [-0.3, -0.25) is 9.59 Å². The number of benzene rings is 2. The van der Waals surface area contributed by atoms with Gasteiger partial charge >= 0.3 is 0 Å². The van der Waals surface area contributed by atoms with Crippen LogP contribution in [-0.4, -0.2) is 34.9 Å². The summed E-state index contributed by atoms with van der Waals surface area (Å²) in [5.41, 5.74) is 0.294. The normalized spacial score (nSPS) is 12.2. The first kappa shape index (κ1) is 22.9. The highest BCUT2D eigenvalue weighted by Gasteiger charge is 2.28. The number of hydrogen-bond acceptors (Lipinski definition) is 3. The molecule has 2 amide bonds. The number of halogens is 2. The fraction of sp³-hybridized carbons (Fsp3) is 0.364. The van der Waals surface area contributed by atoms with Crippen molar-refractivity contribution in [1.82, 2.24) is 10.2 Å². The highest BCUT2D eigenvalue weighted by Crippen LogP contribution is 2.17. The summed E-state index contributed by atoms with van der Waals surface area (Å²) in [6.45, 7) is 7.25. The summed E-state index contributed by atoms with van der Waals surface area (Å²) in [4.78, 5) is 27.0. The molecular formula is C22H26BrFN2O3. The maximum absolute atomic E-state index is 13.2. The lowest BCUT2D eigenvalue weighted by Gasteiger charge is -2.31. The monoisotopic (exact) mass is 464 g/mol. The van der Waals surface area contributed by atoms with E-state index in [9.17, 15) is 14.0 Å². The molecule has 29 heavy (non-hydrogen) atoms. The first-order chi connectivity index (χ1) is 13.5. The Balaban J connectivity index is 2.15. The van der Waals surface area contributed by atoms with Gasteiger partial charge in [0, 0.05) is 16.6 Å². The summed E-state index contributed by atoms with van der Waals surface area (Å²) in [6, 6.07) is 12.3. The van der Waals surface area contributed by atoms with Gasteiger partial charge in [0.1, 0.15) is 17.6 Å². The second-order valence-corrected chi connectivity index (χ2v) is 8.72. The Morgan fingerprint density at radius 1 is 1.10 bits per heavy atom. The molecule has 0 saturated carbocycles. The van der Waals surface area contributed by atoms with Crippen molar-refractivity contribution in [2.75, 3.05) is 6.61 Å². The predicted octanol–water partition coefficient (Wildman–Crippen LogP) is 4.30. The van der Waals surface area contributed by atoms with Crippen LogP contribution in [0.2, 0.25) is 0 Å². The van der Waals surface area contributed by atoms with Crippen molar-refractivity contribution >= 4 is 27.7 Å². The first-order valence-corrected chi connectivity index (χ1v) is 10.1. The van der Waals surface area contributed by atoms with Gasteiger partial charge in [-0.2, -0.15) is 0 Å². The highest BCUT2D eigenvalue weighted by atomic mass is 79.9. The molecule has 2 rings (SSSR count). The number of hydrogen-bond donors (Lipinski definition) is 1. The van der Waals surface area contributed by atoms with Crippen molar-refractivity contribution in [3.8, 4) is 5.75 Å². The lowest BCUT2D eigenvalue weighted by atomic mass is 10.1. The molecule has 0 spiro atoms. The highest BCUT2D eigenvalue weighted by molar-refractivity contribution is 9.10. The molecule has 1 atom stereocenters. The fourth-order valence-electron chi connectivity index (χ4n) is 2.60. The number of nitrogens with zero attached hydrogens (tertiary/aromatic N) is 1. The molecule has 5 nitrogen and oxygen atoms in total. The van der Waals surface area contributed by atoms with Crippen LogP contribution < -0.4 is 10.1 Å². The smallest absolute Gasteiger partial charge is 0.261 e. The van der Waals surface area contributed by atoms with E-state index < -0.39 is 11.6 Å². The number of nitrogens with one attached hydrogen (secondary N) is 1. The largest absolute Gasteiger partial charge is 0.484 e. The minimum absolute atomic E-state index is 0.168. The third kappa shape index (κ3) is 7.49. The molecular weight excluding hydrogens is 439 g/mol. The molecule has 0 bridgehead atoms. The molecule has 0 fully saturated rings. The van der Waals surface area contributed by atoms with E-state index in [0.717, 1.165) is 10.0 Å². The van der Waals surface area contributed by atoms with Crippen LogP contribution in [0.15, 0.2) is 53.0 Å². The Kier molecular flexibility index (Phi) is 7.79. The maximum Gasteiger partial charge on any atom is 0.261 e. The molecule has 0 aliphatic carbocycles. The molecule has 156 valence electrons. The molecule has 0 aromatic heterocycles. The number of carbonyl (C=O) groups excluding carboxylic acids is 2. The van der Waals surface area contributed by atoms with Crippen LogP contribution in [0.4, 0.5) is 4.39 Å². The van der Waals surface area contributed by atoms with E-state index in [1.54, 1.807) is 31.2 Å². The lowest BCUT2D eigenvalue weighted by Crippen LogP contribution is -2.53. The van der Waals surface area contributed by atoms with Gasteiger partial charge in [-0.1, -0.05) is 28.1 Å². The van der Waals surface area contributed by atoms with Gasteiger partial charge in [0.2, 0.25) is 5.91 Å². The minimum atomic E-state index is -0.722. The zero-order chi connectivity index (χ0) is 21.6. The quantitative estimate of drug-likeness (QED) is 0.664. The van der Waals surface area contributed by atoms with E-state index in [2.05, 4.69) is 21.2 Å². The van der Waals surface area contributed by atoms with Crippen LogP contribution in [0.3, 0.4) is 0 Å². The van der Waals surface area contributed by atoms with Gasteiger partial charge < -0.3 is 15.0 Å². The third-order valence-corrected chi connectivity index (χ3v) is 4.64. The summed E-state index contributed by atoms with van der Waals surface area (Å²) in [5.74, 6) is -0.413. The molecule has 0 radical (unpaired) electrons. The minimum Gasteiger partial charge on any atom is -0.484 e. The van der Waals surface area contributed by atoms with Gasteiger partial charge in [-0.05, 0) is 69.7 Å². The molecule has 2 aromatic carbocycles. The average molecular weight is 465 g/mol. The molecule has 2 aromatic rings. The van der Waals surface area contributed by atoms with E-state index in [-0.39, 0.29) is 30.8 Å². The number of rotatable bonds is 7. The van der Waals surface area contributed by atoms with E-state index in [0.29, 0.717) is 5.75 Å². The summed E-state index contributed by atoms with van der Waals surface area (Å²) in [7, 11) is 0. The standard InChI is InChI=1S/C22H26BrFN2O3/c1-15(21(28)25-22(2,3)4)26(13-16-5-9-18(24)10-6-16)20(27)14-29-19-11-7-17(23)8-12-19/h5-12,15H,13-14H2,1-4H3,(H,25,28)/t15-/m1/s1. The van der Waals surface area contributed by atoms with Crippen LogP contribution in [0, 0.1) is 5.82 Å². The van der Waals surface area contributed by atoms with Gasteiger partial charge in [-0.15, -0.1) is 0 Å². The summed E-state index contributed by atoms with van der Waals surface area (Å²) in [6.07, 6.45) is 0. The molecule has 0 saturated heterocycles. The second-order valence-electron chi connectivity index (χ2n) is 7.81. The topological polar surface area (TPSA) is 58.6 Å². The van der Waals surface area contributed by atoms with Gasteiger partial charge in [0.15, 0.2) is 6.61 Å². The van der Waals surface area contributed by atoms with E-state index in [1.807, 2.05) is 32.9 Å².